The molecule has 3 aromatic rings. The van der Waals surface area contributed by atoms with Gasteiger partial charge in [-0.25, -0.2) is 15.0 Å². The first-order chi connectivity index (χ1) is 12.6. The van der Waals surface area contributed by atoms with Crippen LogP contribution in [0.15, 0.2) is 42.9 Å². The number of imidazole rings is 1. The SMILES string of the molecule is Cc1nc(-c2cnc(NC3Cc4ccccc4C3)nc2)cn1CC(=O)O.[H-].[Li+]. The van der Waals surface area contributed by atoms with E-state index in [1.807, 2.05) is 0 Å². The number of aryl methyl sites for hydroxylation is 1. The number of carbonyl (C=O) groups is 1. The van der Waals surface area contributed by atoms with Crippen molar-refractivity contribution >= 4 is 11.9 Å². The molecule has 0 unspecified atom stereocenters. The topological polar surface area (TPSA) is 92.9 Å². The minimum atomic E-state index is -0.898. The summed E-state index contributed by atoms with van der Waals surface area (Å²) in [5.41, 5.74) is 4.18. The third kappa shape index (κ3) is 4.21. The van der Waals surface area contributed by atoms with E-state index in [0.717, 1.165) is 18.4 Å². The Morgan fingerprint density at radius 2 is 1.89 bits per heavy atom. The molecule has 0 radical (unpaired) electrons. The predicted molar refractivity (Wildman–Crippen MR) is 98.0 cm³/mol. The summed E-state index contributed by atoms with van der Waals surface area (Å²) in [6.45, 7) is 1.67. The fourth-order valence-corrected chi connectivity index (χ4v) is 3.33. The average Bonchev–Trinajstić information content (AvgIpc) is 3.18. The fraction of sp³-hybridized carbons (Fsp3) is 0.263. The number of aromatic nitrogens is 4. The van der Waals surface area contributed by atoms with E-state index in [2.05, 4.69) is 44.5 Å². The van der Waals surface area contributed by atoms with Crippen LogP contribution in [0, 0.1) is 6.92 Å². The molecule has 0 atom stereocenters. The van der Waals surface area contributed by atoms with Gasteiger partial charge in [-0.3, -0.25) is 4.79 Å². The summed E-state index contributed by atoms with van der Waals surface area (Å²) in [5.74, 6) is 0.340. The molecule has 2 heterocycles. The monoisotopic (exact) mass is 357 g/mol. The van der Waals surface area contributed by atoms with E-state index < -0.39 is 5.97 Å². The van der Waals surface area contributed by atoms with Gasteiger partial charge in [-0.1, -0.05) is 24.3 Å². The van der Waals surface area contributed by atoms with Gasteiger partial charge in [-0.2, -0.15) is 0 Å². The Morgan fingerprint density at radius 1 is 1.26 bits per heavy atom. The molecule has 1 aliphatic carbocycles. The molecule has 1 aliphatic rings. The van der Waals surface area contributed by atoms with Crippen molar-refractivity contribution in [3.8, 4) is 11.3 Å². The van der Waals surface area contributed by atoms with Crippen LogP contribution in [0.4, 0.5) is 5.95 Å². The van der Waals surface area contributed by atoms with Crippen LogP contribution >= 0.6 is 0 Å². The zero-order valence-corrected chi connectivity index (χ0v) is 15.4. The summed E-state index contributed by atoms with van der Waals surface area (Å²) in [6, 6.07) is 8.76. The Kier molecular flexibility index (Phi) is 5.64. The van der Waals surface area contributed by atoms with Gasteiger partial charge in [0.1, 0.15) is 12.4 Å². The van der Waals surface area contributed by atoms with Gasteiger partial charge in [0.15, 0.2) is 0 Å². The van der Waals surface area contributed by atoms with Crippen LogP contribution in [0.3, 0.4) is 0 Å². The smallest absolute Gasteiger partial charge is 1.00 e. The maximum Gasteiger partial charge on any atom is 1.00 e. The number of carboxylic acid groups (broad SMARTS) is 1. The van der Waals surface area contributed by atoms with Gasteiger partial charge in [-0.05, 0) is 30.9 Å². The standard InChI is InChI=1S/C19H19N5O2.Li.H/c1-12-22-17(10-24(12)11-18(25)26)15-8-20-19(21-9-15)23-16-6-13-4-2-3-5-14(13)7-16;;/h2-5,8-10,16H,6-7,11H2,1H3,(H,25,26)(H,20,21,23);;/q;+1;-1. The maximum absolute atomic E-state index is 10.9. The molecule has 1 aromatic carbocycles. The third-order valence-corrected chi connectivity index (χ3v) is 4.61. The van der Waals surface area contributed by atoms with Gasteiger partial charge in [0.05, 0.1) is 5.69 Å². The molecule has 0 saturated heterocycles. The molecule has 0 bridgehead atoms. The van der Waals surface area contributed by atoms with E-state index in [-0.39, 0.29) is 26.8 Å². The van der Waals surface area contributed by atoms with Gasteiger partial charge in [0.25, 0.3) is 0 Å². The zero-order valence-electron chi connectivity index (χ0n) is 16.4. The second-order valence-electron chi connectivity index (χ2n) is 6.51. The van der Waals surface area contributed by atoms with Gasteiger partial charge in [-0.15, -0.1) is 0 Å². The van der Waals surface area contributed by atoms with E-state index in [1.165, 1.54) is 11.1 Å². The Bertz CT molecular complexity index is 936. The van der Waals surface area contributed by atoms with Crippen molar-refractivity contribution in [1.82, 2.24) is 19.5 Å². The van der Waals surface area contributed by atoms with Crippen molar-refractivity contribution in [1.29, 1.82) is 0 Å². The second-order valence-corrected chi connectivity index (χ2v) is 6.51. The second kappa shape index (κ2) is 7.95. The Hall–Kier alpha value is -2.62. The fourth-order valence-electron chi connectivity index (χ4n) is 3.33. The average molecular weight is 357 g/mol. The van der Waals surface area contributed by atoms with Gasteiger partial charge >= 0.3 is 24.8 Å². The molecule has 27 heavy (non-hydrogen) atoms. The molecule has 0 saturated carbocycles. The van der Waals surface area contributed by atoms with Crippen molar-refractivity contribution in [2.24, 2.45) is 0 Å². The maximum atomic E-state index is 10.9. The molecular weight excluding hydrogens is 337 g/mol. The molecule has 4 rings (SSSR count). The normalized spacial score (nSPS) is 13.1. The molecular formula is C19H20LiN5O2. The predicted octanol–water partition coefficient (Wildman–Crippen LogP) is -0.571. The van der Waals surface area contributed by atoms with E-state index in [9.17, 15) is 4.79 Å². The number of nitrogens with one attached hydrogen (secondary N) is 1. The van der Waals surface area contributed by atoms with Crippen molar-refractivity contribution < 1.29 is 30.2 Å². The van der Waals surface area contributed by atoms with Crippen LogP contribution in [0.25, 0.3) is 11.3 Å². The van der Waals surface area contributed by atoms with Crippen LogP contribution in [0.2, 0.25) is 0 Å². The first-order valence-electron chi connectivity index (χ1n) is 8.50. The molecule has 0 spiro atoms. The Morgan fingerprint density at radius 3 is 2.48 bits per heavy atom. The first-order valence-corrected chi connectivity index (χ1v) is 8.50. The number of carboxylic acids is 1. The zero-order chi connectivity index (χ0) is 18.1. The molecule has 134 valence electrons. The number of aliphatic carboxylic acids is 1. The Balaban J connectivity index is 0.00000140. The van der Waals surface area contributed by atoms with Crippen LogP contribution < -0.4 is 24.2 Å². The number of hydrogen-bond donors (Lipinski definition) is 2. The Labute approximate surface area is 170 Å². The van der Waals surface area contributed by atoms with Crippen LogP contribution in [0.5, 0.6) is 0 Å². The van der Waals surface area contributed by atoms with Crippen LogP contribution in [-0.4, -0.2) is 36.6 Å². The van der Waals surface area contributed by atoms with Gasteiger partial charge in [0, 0.05) is 30.2 Å². The number of benzene rings is 1. The molecule has 7 nitrogen and oxygen atoms in total. The number of hydrogen-bond acceptors (Lipinski definition) is 5. The largest absolute Gasteiger partial charge is 1.00 e. The summed E-state index contributed by atoms with van der Waals surface area (Å²) in [6.07, 6.45) is 7.08. The van der Waals surface area contributed by atoms with Crippen molar-refractivity contribution in [2.75, 3.05) is 5.32 Å². The summed E-state index contributed by atoms with van der Waals surface area (Å²) >= 11 is 0. The molecule has 2 N–H and O–H groups in total. The van der Waals surface area contributed by atoms with Crippen molar-refractivity contribution in [2.45, 2.75) is 32.4 Å². The number of rotatable bonds is 5. The molecule has 0 amide bonds. The van der Waals surface area contributed by atoms with Crippen LogP contribution in [0.1, 0.15) is 18.4 Å². The third-order valence-electron chi connectivity index (χ3n) is 4.61. The quantitative estimate of drug-likeness (QED) is 0.594. The number of anilines is 1. The first kappa shape index (κ1) is 19.1. The summed E-state index contributed by atoms with van der Waals surface area (Å²) in [7, 11) is 0. The number of fused-ring (bicyclic) bond motifs is 1. The molecule has 2 aromatic heterocycles. The van der Waals surface area contributed by atoms with Crippen molar-refractivity contribution in [3.63, 3.8) is 0 Å². The summed E-state index contributed by atoms with van der Waals surface area (Å²) in [4.78, 5) is 24.1. The van der Waals surface area contributed by atoms with E-state index in [4.69, 9.17) is 5.11 Å². The number of nitrogens with zero attached hydrogens (tertiary/aromatic N) is 4. The molecule has 0 aliphatic heterocycles. The van der Waals surface area contributed by atoms with E-state index in [1.54, 1.807) is 30.1 Å². The summed E-state index contributed by atoms with van der Waals surface area (Å²) in [5, 5.41) is 12.3. The summed E-state index contributed by atoms with van der Waals surface area (Å²) < 4.78 is 1.60. The minimum Gasteiger partial charge on any atom is -1.00 e. The van der Waals surface area contributed by atoms with Gasteiger partial charge in [0.2, 0.25) is 5.95 Å². The molecule has 0 fully saturated rings. The van der Waals surface area contributed by atoms with Gasteiger partial charge < -0.3 is 16.4 Å². The van der Waals surface area contributed by atoms with E-state index >= 15 is 0 Å². The minimum absolute atomic E-state index is 0. The van der Waals surface area contributed by atoms with E-state index in [0.29, 0.717) is 23.5 Å². The van der Waals surface area contributed by atoms with Crippen molar-refractivity contribution in [3.05, 3.63) is 59.8 Å². The van der Waals surface area contributed by atoms with Crippen LogP contribution in [-0.2, 0) is 24.2 Å². The molecule has 8 heteroatoms.